The molecule has 0 aliphatic carbocycles. The molecule has 0 aromatic heterocycles. The lowest BCUT2D eigenvalue weighted by atomic mass is 10.0. The number of hydrogen-bond donors (Lipinski definition) is 3. The van der Waals surface area contributed by atoms with Crippen LogP contribution in [0.5, 0.6) is 0 Å². The van der Waals surface area contributed by atoms with Crippen LogP contribution in [-0.2, 0) is 4.79 Å². The highest BCUT2D eigenvalue weighted by Crippen LogP contribution is 2.18. The van der Waals surface area contributed by atoms with Gasteiger partial charge in [-0.05, 0) is 47.7 Å². The number of nitrogens with one attached hydrogen (secondary N) is 1. The molecule has 1 unspecified atom stereocenters. The van der Waals surface area contributed by atoms with E-state index in [9.17, 15) is 14.7 Å². The summed E-state index contributed by atoms with van der Waals surface area (Å²) in [6, 6.07) is 4.89. The smallest absolute Gasteiger partial charge is 0.306 e. The Labute approximate surface area is 129 Å². The minimum Gasteiger partial charge on any atom is -0.481 e. The second-order valence-corrected chi connectivity index (χ2v) is 5.97. The van der Waals surface area contributed by atoms with Crippen LogP contribution in [-0.4, -0.2) is 34.2 Å². The van der Waals surface area contributed by atoms with Gasteiger partial charge >= 0.3 is 5.97 Å². The molecule has 0 heterocycles. The standard InChI is InChI=1S/C12H13ClINO4/c1-12(19,5-10(16)17)6-15-11(18)8-4-7(13)2-3-9(8)14/h2-4,19H,5-6H2,1H3,(H,15,18)(H,16,17). The van der Waals surface area contributed by atoms with Crippen LogP contribution in [0.2, 0.25) is 5.02 Å². The monoisotopic (exact) mass is 397 g/mol. The third-order valence-corrected chi connectivity index (χ3v) is 3.51. The first-order valence-corrected chi connectivity index (χ1v) is 6.84. The molecule has 3 N–H and O–H groups in total. The molecule has 5 nitrogen and oxygen atoms in total. The molecule has 1 amide bonds. The van der Waals surface area contributed by atoms with Gasteiger partial charge in [-0.1, -0.05) is 11.6 Å². The average molecular weight is 398 g/mol. The Balaban J connectivity index is 2.70. The van der Waals surface area contributed by atoms with Gasteiger partial charge in [0.15, 0.2) is 0 Å². The SMILES string of the molecule is CC(O)(CNC(=O)c1cc(Cl)ccc1I)CC(=O)O. The van der Waals surface area contributed by atoms with Gasteiger partial charge in [-0.25, -0.2) is 0 Å². The molecule has 0 saturated heterocycles. The molecule has 0 bridgehead atoms. The fourth-order valence-electron chi connectivity index (χ4n) is 1.43. The maximum Gasteiger partial charge on any atom is 0.306 e. The van der Waals surface area contributed by atoms with Gasteiger partial charge in [-0.3, -0.25) is 9.59 Å². The van der Waals surface area contributed by atoms with E-state index >= 15 is 0 Å². The van der Waals surface area contributed by atoms with E-state index in [4.69, 9.17) is 16.7 Å². The minimum absolute atomic E-state index is 0.152. The molecule has 1 rings (SSSR count). The summed E-state index contributed by atoms with van der Waals surface area (Å²) in [5.74, 6) is -1.53. The number of benzene rings is 1. The number of hydrogen-bond acceptors (Lipinski definition) is 3. The molecule has 19 heavy (non-hydrogen) atoms. The highest BCUT2D eigenvalue weighted by Gasteiger charge is 2.25. The summed E-state index contributed by atoms with van der Waals surface area (Å²) in [7, 11) is 0. The van der Waals surface area contributed by atoms with Crippen molar-refractivity contribution in [2.45, 2.75) is 18.9 Å². The number of carboxylic acid groups (broad SMARTS) is 1. The predicted octanol–water partition coefficient (Wildman–Crippen LogP) is 1.90. The topological polar surface area (TPSA) is 86.6 Å². The van der Waals surface area contributed by atoms with Gasteiger partial charge < -0.3 is 15.5 Å². The Morgan fingerprint density at radius 3 is 2.68 bits per heavy atom. The van der Waals surface area contributed by atoms with Crippen LogP contribution in [0.3, 0.4) is 0 Å². The van der Waals surface area contributed by atoms with E-state index in [-0.39, 0.29) is 6.54 Å². The van der Waals surface area contributed by atoms with E-state index in [0.717, 1.165) is 3.57 Å². The molecule has 0 spiro atoms. The lowest BCUT2D eigenvalue weighted by Crippen LogP contribution is -2.42. The third-order valence-electron chi connectivity index (χ3n) is 2.33. The van der Waals surface area contributed by atoms with Gasteiger partial charge in [0.25, 0.3) is 5.91 Å². The van der Waals surface area contributed by atoms with Crippen molar-refractivity contribution in [2.75, 3.05) is 6.54 Å². The number of carbonyl (C=O) groups excluding carboxylic acids is 1. The van der Waals surface area contributed by atoms with Crippen LogP contribution in [0.25, 0.3) is 0 Å². The molecular weight excluding hydrogens is 384 g/mol. The number of aliphatic hydroxyl groups is 1. The number of carbonyl (C=O) groups is 2. The van der Waals surface area contributed by atoms with Gasteiger partial charge in [0.1, 0.15) is 0 Å². The zero-order chi connectivity index (χ0) is 14.6. The molecule has 0 fully saturated rings. The fraction of sp³-hybridized carbons (Fsp3) is 0.333. The molecule has 1 atom stereocenters. The molecule has 0 saturated carbocycles. The van der Waals surface area contributed by atoms with Crippen molar-refractivity contribution in [3.63, 3.8) is 0 Å². The van der Waals surface area contributed by atoms with Crippen molar-refractivity contribution in [1.82, 2.24) is 5.32 Å². The number of aliphatic carboxylic acids is 1. The van der Waals surface area contributed by atoms with Gasteiger partial charge in [0.05, 0.1) is 17.6 Å². The average Bonchev–Trinajstić information content (AvgIpc) is 2.27. The normalized spacial score (nSPS) is 13.7. The quantitative estimate of drug-likeness (QED) is 0.663. The van der Waals surface area contributed by atoms with Crippen molar-refractivity contribution in [1.29, 1.82) is 0 Å². The number of rotatable bonds is 5. The summed E-state index contributed by atoms with van der Waals surface area (Å²) in [5, 5.41) is 21.3. The van der Waals surface area contributed by atoms with Gasteiger partial charge in [0.2, 0.25) is 0 Å². The van der Waals surface area contributed by atoms with Gasteiger partial charge in [-0.15, -0.1) is 0 Å². The molecule has 1 aromatic rings. The van der Waals surface area contributed by atoms with E-state index in [1.54, 1.807) is 12.1 Å². The molecule has 1 aromatic carbocycles. The van der Waals surface area contributed by atoms with Crippen LogP contribution in [0.1, 0.15) is 23.7 Å². The van der Waals surface area contributed by atoms with Crippen LogP contribution in [0.15, 0.2) is 18.2 Å². The predicted molar refractivity (Wildman–Crippen MR) is 79.4 cm³/mol. The fourth-order valence-corrected chi connectivity index (χ4v) is 2.18. The Morgan fingerprint density at radius 2 is 2.11 bits per heavy atom. The number of halogens is 2. The zero-order valence-electron chi connectivity index (χ0n) is 10.1. The van der Waals surface area contributed by atoms with Crippen LogP contribution < -0.4 is 5.32 Å². The van der Waals surface area contributed by atoms with Crippen molar-refractivity contribution < 1.29 is 19.8 Å². The lowest BCUT2D eigenvalue weighted by Gasteiger charge is -2.21. The van der Waals surface area contributed by atoms with E-state index in [1.807, 2.05) is 22.6 Å². The summed E-state index contributed by atoms with van der Waals surface area (Å²) in [4.78, 5) is 22.5. The van der Waals surface area contributed by atoms with Gasteiger partial charge in [-0.2, -0.15) is 0 Å². The Hall–Kier alpha value is -0.860. The van der Waals surface area contributed by atoms with Crippen molar-refractivity contribution in [3.8, 4) is 0 Å². The summed E-state index contributed by atoms with van der Waals surface area (Å²) in [6.07, 6.45) is -0.445. The molecule has 0 aliphatic heterocycles. The first kappa shape index (κ1) is 16.2. The Morgan fingerprint density at radius 1 is 1.47 bits per heavy atom. The zero-order valence-corrected chi connectivity index (χ0v) is 13.0. The van der Waals surface area contributed by atoms with Crippen LogP contribution >= 0.6 is 34.2 Å². The second kappa shape index (κ2) is 6.53. The van der Waals surface area contributed by atoms with Crippen molar-refractivity contribution >= 4 is 46.1 Å². The van der Waals surface area contributed by atoms with Crippen molar-refractivity contribution in [2.24, 2.45) is 0 Å². The Bertz CT molecular complexity index is 505. The maximum absolute atomic E-state index is 11.9. The molecule has 7 heteroatoms. The van der Waals surface area contributed by atoms with Gasteiger partial charge in [0, 0.05) is 15.1 Å². The molecular formula is C12H13ClINO4. The van der Waals surface area contributed by atoms with Crippen molar-refractivity contribution in [3.05, 3.63) is 32.4 Å². The molecule has 104 valence electrons. The first-order valence-electron chi connectivity index (χ1n) is 5.39. The highest BCUT2D eigenvalue weighted by molar-refractivity contribution is 14.1. The summed E-state index contributed by atoms with van der Waals surface area (Å²) in [6.45, 7) is 1.20. The van der Waals surface area contributed by atoms with E-state index in [0.29, 0.717) is 10.6 Å². The molecule has 0 aliphatic rings. The second-order valence-electron chi connectivity index (χ2n) is 4.37. The highest BCUT2D eigenvalue weighted by atomic mass is 127. The minimum atomic E-state index is -1.49. The van der Waals surface area contributed by atoms with E-state index < -0.39 is 23.9 Å². The number of carboxylic acids is 1. The largest absolute Gasteiger partial charge is 0.481 e. The lowest BCUT2D eigenvalue weighted by molar-refractivity contribution is -0.141. The summed E-state index contributed by atoms with van der Waals surface area (Å²) >= 11 is 7.81. The van der Waals surface area contributed by atoms with Crippen LogP contribution in [0.4, 0.5) is 0 Å². The summed E-state index contributed by atoms with van der Waals surface area (Å²) in [5.41, 5.74) is -1.11. The maximum atomic E-state index is 11.9. The third kappa shape index (κ3) is 5.33. The van der Waals surface area contributed by atoms with E-state index in [1.165, 1.54) is 13.0 Å². The Kier molecular flexibility index (Phi) is 5.57. The first-order chi connectivity index (χ1) is 8.71. The van der Waals surface area contributed by atoms with E-state index in [2.05, 4.69) is 5.32 Å². The number of amides is 1. The summed E-state index contributed by atoms with van der Waals surface area (Å²) < 4.78 is 0.720. The van der Waals surface area contributed by atoms with Crippen LogP contribution in [0, 0.1) is 3.57 Å². The molecule has 0 radical (unpaired) electrons.